The SMILES string of the molecule is Cc1ccc(S(=O)(=O)N2CCN(C(=O)c3cncn3-c3ccccc3)CC2)cc1. The summed E-state index contributed by atoms with van der Waals surface area (Å²) in [5.41, 5.74) is 2.33. The van der Waals surface area contributed by atoms with E-state index in [0.29, 0.717) is 18.8 Å². The highest BCUT2D eigenvalue weighted by molar-refractivity contribution is 7.89. The van der Waals surface area contributed by atoms with Gasteiger partial charge in [-0.1, -0.05) is 35.9 Å². The van der Waals surface area contributed by atoms with Crippen LogP contribution in [0, 0.1) is 6.92 Å². The first-order valence-corrected chi connectivity index (χ1v) is 10.8. The Morgan fingerprint density at radius 2 is 1.59 bits per heavy atom. The van der Waals surface area contributed by atoms with Gasteiger partial charge in [0.2, 0.25) is 10.0 Å². The van der Waals surface area contributed by atoms with Crippen LogP contribution in [0.15, 0.2) is 72.0 Å². The molecule has 3 aromatic rings. The Balaban J connectivity index is 1.47. The first-order valence-electron chi connectivity index (χ1n) is 9.41. The van der Waals surface area contributed by atoms with Crippen molar-refractivity contribution in [2.24, 2.45) is 0 Å². The molecule has 4 rings (SSSR count). The van der Waals surface area contributed by atoms with E-state index in [0.717, 1.165) is 11.3 Å². The number of aryl methyl sites for hydroxylation is 1. The van der Waals surface area contributed by atoms with Crippen LogP contribution in [-0.2, 0) is 10.0 Å². The molecule has 2 heterocycles. The third-order valence-corrected chi connectivity index (χ3v) is 6.99. The summed E-state index contributed by atoms with van der Waals surface area (Å²) in [6.45, 7) is 3.12. The average Bonchev–Trinajstić information content (AvgIpc) is 3.24. The Morgan fingerprint density at radius 3 is 2.24 bits per heavy atom. The van der Waals surface area contributed by atoms with E-state index < -0.39 is 10.0 Å². The summed E-state index contributed by atoms with van der Waals surface area (Å²) in [6.07, 6.45) is 3.16. The zero-order valence-corrected chi connectivity index (χ0v) is 16.9. The molecule has 0 unspecified atom stereocenters. The van der Waals surface area contributed by atoms with Gasteiger partial charge in [-0.05, 0) is 31.2 Å². The second kappa shape index (κ2) is 7.81. The van der Waals surface area contributed by atoms with Gasteiger partial charge in [0, 0.05) is 31.9 Å². The molecule has 0 saturated carbocycles. The Hall–Kier alpha value is -2.97. The number of imidazole rings is 1. The van der Waals surface area contributed by atoms with Crippen molar-refractivity contribution in [3.05, 3.63) is 78.4 Å². The van der Waals surface area contributed by atoms with Crippen LogP contribution in [0.3, 0.4) is 0 Å². The Bertz CT molecular complexity index is 1100. The molecule has 2 aromatic carbocycles. The van der Waals surface area contributed by atoms with E-state index in [4.69, 9.17) is 0 Å². The average molecular weight is 410 g/mol. The van der Waals surface area contributed by atoms with Crippen molar-refractivity contribution in [1.82, 2.24) is 18.8 Å². The van der Waals surface area contributed by atoms with E-state index in [9.17, 15) is 13.2 Å². The van der Waals surface area contributed by atoms with Crippen LogP contribution in [0.25, 0.3) is 5.69 Å². The van der Waals surface area contributed by atoms with Gasteiger partial charge in [0.05, 0.1) is 17.4 Å². The molecule has 29 heavy (non-hydrogen) atoms. The quantitative estimate of drug-likeness (QED) is 0.662. The van der Waals surface area contributed by atoms with Gasteiger partial charge in [-0.15, -0.1) is 0 Å². The summed E-state index contributed by atoms with van der Waals surface area (Å²) in [5, 5.41) is 0. The summed E-state index contributed by atoms with van der Waals surface area (Å²) in [5.74, 6) is -0.154. The largest absolute Gasteiger partial charge is 0.335 e. The van der Waals surface area contributed by atoms with Crippen LogP contribution in [0.5, 0.6) is 0 Å². The standard InChI is InChI=1S/C21H22N4O3S/c1-17-7-9-19(10-8-17)29(27,28)24-13-11-23(12-14-24)21(26)20-15-22-16-25(20)18-5-3-2-4-6-18/h2-10,15-16H,11-14H2,1H3. The number of sulfonamides is 1. The Labute approximate surface area is 170 Å². The van der Waals surface area contributed by atoms with E-state index in [2.05, 4.69) is 4.98 Å². The molecule has 0 spiro atoms. The number of hydrogen-bond donors (Lipinski definition) is 0. The fourth-order valence-corrected chi connectivity index (χ4v) is 4.82. The van der Waals surface area contributed by atoms with Crippen LogP contribution < -0.4 is 0 Å². The maximum atomic E-state index is 13.0. The summed E-state index contributed by atoms with van der Waals surface area (Å²) in [7, 11) is -3.56. The lowest BCUT2D eigenvalue weighted by Crippen LogP contribution is -2.50. The van der Waals surface area contributed by atoms with E-state index in [1.54, 1.807) is 46.3 Å². The van der Waals surface area contributed by atoms with E-state index in [-0.39, 0.29) is 23.9 Å². The Kier molecular flexibility index (Phi) is 5.21. The molecular formula is C21H22N4O3S. The second-order valence-corrected chi connectivity index (χ2v) is 8.93. The number of carbonyl (C=O) groups excluding carboxylic acids is 1. The molecule has 0 N–H and O–H groups in total. The lowest BCUT2D eigenvalue weighted by molar-refractivity contribution is 0.0690. The predicted octanol–water partition coefficient (Wildman–Crippen LogP) is 2.33. The molecule has 1 aliphatic rings. The number of aromatic nitrogens is 2. The van der Waals surface area contributed by atoms with E-state index in [1.807, 2.05) is 37.3 Å². The molecule has 0 atom stereocenters. The van der Waals surface area contributed by atoms with Crippen LogP contribution in [-0.4, -0.2) is 59.3 Å². The number of para-hydroxylation sites is 1. The van der Waals surface area contributed by atoms with Crippen molar-refractivity contribution in [1.29, 1.82) is 0 Å². The first-order chi connectivity index (χ1) is 14.0. The van der Waals surface area contributed by atoms with Gasteiger partial charge >= 0.3 is 0 Å². The molecule has 0 radical (unpaired) electrons. The zero-order chi connectivity index (χ0) is 20.4. The summed E-state index contributed by atoms with van der Waals surface area (Å²) >= 11 is 0. The number of rotatable bonds is 4. The topological polar surface area (TPSA) is 75.5 Å². The monoisotopic (exact) mass is 410 g/mol. The molecule has 1 saturated heterocycles. The van der Waals surface area contributed by atoms with E-state index in [1.165, 1.54) is 4.31 Å². The van der Waals surface area contributed by atoms with Gasteiger partial charge in [0.25, 0.3) is 5.91 Å². The maximum absolute atomic E-state index is 13.0. The highest BCUT2D eigenvalue weighted by Crippen LogP contribution is 2.20. The maximum Gasteiger partial charge on any atom is 0.272 e. The van der Waals surface area contributed by atoms with Crippen molar-refractivity contribution in [3.8, 4) is 5.69 Å². The predicted molar refractivity (Wildman–Crippen MR) is 109 cm³/mol. The fourth-order valence-electron chi connectivity index (χ4n) is 3.40. The molecule has 150 valence electrons. The first kappa shape index (κ1) is 19.4. The lowest BCUT2D eigenvalue weighted by Gasteiger charge is -2.34. The Morgan fingerprint density at radius 1 is 0.931 bits per heavy atom. The molecule has 8 heteroatoms. The smallest absolute Gasteiger partial charge is 0.272 e. The van der Waals surface area contributed by atoms with E-state index >= 15 is 0 Å². The number of carbonyl (C=O) groups is 1. The van der Waals surface area contributed by atoms with Gasteiger partial charge in [-0.3, -0.25) is 9.36 Å². The van der Waals surface area contributed by atoms with Crippen molar-refractivity contribution in [2.45, 2.75) is 11.8 Å². The lowest BCUT2D eigenvalue weighted by atomic mass is 10.2. The van der Waals surface area contributed by atoms with Gasteiger partial charge in [-0.2, -0.15) is 4.31 Å². The molecular weight excluding hydrogens is 388 g/mol. The zero-order valence-electron chi connectivity index (χ0n) is 16.1. The minimum Gasteiger partial charge on any atom is -0.335 e. The number of benzene rings is 2. The minimum atomic E-state index is -3.56. The normalized spacial score (nSPS) is 15.4. The summed E-state index contributed by atoms with van der Waals surface area (Å²) < 4.78 is 28.9. The van der Waals surface area contributed by atoms with Crippen molar-refractivity contribution in [2.75, 3.05) is 26.2 Å². The molecule has 1 fully saturated rings. The molecule has 0 aliphatic carbocycles. The van der Waals surface area contributed by atoms with Crippen molar-refractivity contribution < 1.29 is 13.2 Å². The minimum absolute atomic E-state index is 0.154. The van der Waals surface area contributed by atoms with Gasteiger partial charge < -0.3 is 4.90 Å². The fraction of sp³-hybridized carbons (Fsp3) is 0.238. The third-order valence-electron chi connectivity index (χ3n) is 5.08. The van der Waals surface area contributed by atoms with Crippen LogP contribution in [0.4, 0.5) is 0 Å². The van der Waals surface area contributed by atoms with Gasteiger partial charge in [0.1, 0.15) is 5.69 Å². The van der Waals surface area contributed by atoms with Gasteiger partial charge in [-0.25, -0.2) is 13.4 Å². The summed E-state index contributed by atoms with van der Waals surface area (Å²) in [4.78, 5) is 19.1. The van der Waals surface area contributed by atoms with Crippen LogP contribution in [0.2, 0.25) is 0 Å². The number of nitrogens with zero attached hydrogens (tertiary/aromatic N) is 4. The number of amides is 1. The number of piperazine rings is 1. The molecule has 1 aromatic heterocycles. The summed E-state index contributed by atoms with van der Waals surface area (Å²) in [6, 6.07) is 16.4. The number of hydrogen-bond acceptors (Lipinski definition) is 4. The van der Waals surface area contributed by atoms with Crippen molar-refractivity contribution >= 4 is 15.9 Å². The highest BCUT2D eigenvalue weighted by atomic mass is 32.2. The third kappa shape index (κ3) is 3.81. The van der Waals surface area contributed by atoms with Crippen LogP contribution in [0.1, 0.15) is 16.1 Å². The second-order valence-electron chi connectivity index (χ2n) is 6.99. The molecule has 1 amide bonds. The molecule has 1 aliphatic heterocycles. The van der Waals surface area contributed by atoms with Gasteiger partial charge in [0.15, 0.2) is 0 Å². The van der Waals surface area contributed by atoms with Crippen LogP contribution >= 0.6 is 0 Å². The highest BCUT2D eigenvalue weighted by Gasteiger charge is 2.31. The van der Waals surface area contributed by atoms with Crippen molar-refractivity contribution in [3.63, 3.8) is 0 Å². The molecule has 7 nitrogen and oxygen atoms in total. The molecule has 0 bridgehead atoms.